The van der Waals surface area contributed by atoms with E-state index in [4.69, 9.17) is 9.47 Å². The summed E-state index contributed by atoms with van der Waals surface area (Å²) in [5.41, 5.74) is 0. The first-order chi connectivity index (χ1) is 6.84. The van der Waals surface area contributed by atoms with Crippen LogP contribution in [0.1, 0.15) is 32.6 Å². The van der Waals surface area contributed by atoms with Crippen molar-refractivity contribution in [2.45, 2.75) is 38.7 Å². The molecule has 3 heteroatoms. The molecule has 1 heterocycles. The minimum atomic E-state index is -0.243. The number of hydrogen-bond donors (Lipinski definition) is 1. The van der Waals surface area contributed by atoms with E-state index >= 15 is 0 Å². The molecule has 2 unspecified atom stereocenters. The molecule has 14 heavy (non-hydrogen) atoms. The van der Waals surface area contributed by atoms with Crippen molar-refractivity contribution >= 4 is 0 Å². The molecular weight excluding hydrogens is 180 g/mol. The first kappa shape index (κ1) is 12.0. The average molecular weight is 202 g/mol. The summed E-state index contributed by atoms with van der Waals surface area (Å²) >= 11 is 0. The Balaban J connectivity index is 2.04. The number of hydrogen-bond acceptors (Lipinski definition) is 3. The molecule has 1 aliphatic heterocycles. The Morgan fingerprint density at radius 3 is 3.00 bits per heavy atom. The Kier molecular flexibility index (Phi) is 6.15. The first-order valence-electron chi connectivity index (χ1n) is 5.68. The van der Waals surface area contributed by atoms with Gasteiger partial charge in [0.2, 0.25) is 0 Å². The monoisotopic (exact) mass is 202 g/mol. The Morgan fingerprint density at radius 2 is 2.36 bits per heavy atom. The van der Waals surface area contributed by atoms with E-state index in [1.54, 1.807) is 0 Å². The molecule has 0 aromatic carbocycles. The molecule has 0 aromatic rings. The van der Waals surface area contributed by atoms with Crippen LogP contribution in [0, 0.1) is 5.92 Å². The Labute approximate surface area is 86.4 Å². The van der Waals surface area contributed by atoms with Crippen LogP contribution in [0.2, 0.25) is 0 Å². The fourth-order valence-corrected chi connectivity index (χ4v) is 1.76. The summed E-state index contributed by atoms with van der Waals surface area (Å²) in [4.78, 5) is 0. The van der Waals surface area contributed by atoms with Crippen LogP contribution >= 0.6 is 0 Å². The standard InChI is InChI=1S/C11H22O3/c1-2-6-13-8-5-11(12)10-4-3-7-14-9-10/h10-12H,2-9H2,1H3. The Bertz CT molecular complexity index is 132. The highest BCUT2D eigenvalue weighted by atomic mass is 16.5. The van der Waals surface area contributed by atoms with Crippen molar-refractivity contribution in [3.8, 4) is 0 Å². The van der Waals surface area contributed by atoms with E-state index in [0.29, 0.717) is 12.5 Å². The largest absolute Gasteiger partial charge is 0.393 e. The van der Waals surface area contributed by atoms with Gasteiger partial charge in [-0.25, -0.2) is 0 Å². The van der Waals surface area contributed by atoms with Crippen LogP contribution in [0.25, 0.3) is 0 Å². The molecule has 1 aliphatic rings. The third-order valence-electron chi connectivity index (χ3n) is 2.65. The van der Waals surface area contributed by atoms with Gasteiger partial charge < -0.3 is 14.6 Å². The minimum absolute atomic E-state index is 0.243. The molecule has 1 N–H and O–H groups in total. The molecule has 1 saturated heterocycles. The van der Waals surface area contributed by atoms with Crippen LogP contribution in [0.3, 0.4) is 0 Å². The maximum Gasteiger partial charge on any atom is 0.0612 e. The average Bonchev–Trinajstić information content (AvgIpc) is 2.25. The van der Waals surface area contributed by atoms with E-state index in [2.05, 4.69) is 6.92 Å². The van der Waals surface area contributed by atoms with Gasteiger partial charge in [0.15, 0.2) is 0 Å². The van der Waals surface area contributed by atoms with Crippen molar-refractivity contribution in [3.05, 3.63) is 0 Å². The fourth-order valence-electron chi connectivity index (χ4n) is 1.76. The van der Waals surface area contributed by atoms with Crippen molar-refractivity contribution in [1.82, 2.24) is 0 Å². The molecule has 0 spiro atoms. The van der Waals surface area contributed by atoms with Gasteiger partial charge in [-0.15, -0.1) is 0 Å². The second-order valence-corrected chi connectivity index (χ2v) is 3.95. The summed E-state index contributed by atoms with van der Waals surface area (Å²) in [6.45, 7) is 5.13. The van der Waals surface area contributed by atoms with Crippen molar-refractivity contribution in [2.24, 2.45) is 5.92 Å². The van der Waals surface area contributed by atoms with E-state index in [1.807, 2.05) is 0 Å². The summed E-state index contributed by atoms with van der Waals surface area (Å²) in [6, 6.07) is 0. The molecule has 0 amide bonds. The predicted molar refractivity (Wildman–Crippen MR) is 55.3 cm³/mol. The second-order valence-electron chi connectivity index (χ2n) is 3.95. The lowest BCUT2D eigenvalue weighted by Gasteiger charge is -2.26. The van der Waals surface area contributed by atoms with Gasteiger partial charge in [-0.2, -0.15) is 0 Å². The van der Waals surface area contributed by atoms with Crippen LogP contribution in [0.4, 0.5) is 0 Å². The molecule has 0 saturated carbocycles. The zero-order valence-corrected chi connectivity index (χ0v) is 9.08. The van der Waals surface area contributed by atoms with Crippen molar-refractivity contribution in [3.63, 3.8) is 0 Å². The molecule has 3 nitrogen and oxygen atoms in total. The van der Waals surface area contributed by atoms with E-state index in [-0.39, 0.29) is 6.10 Å². The fraction of sp³-hybridized carbons (Fsp3) is 1.00. The molecule has 0 aromatic heterocycles. The molecule has 0 radical (unpaired) electrons. The molecule has 0 bridgehead atoms. The number of rotatable bonds is 6. The van der Waals surface area contributed by atoms with Gasteiger partial charge in [-0.3, -0.25) is 0 Å². The van der Waals surface area contributed by atoms with Gasteiger partial charge in [-0.05, 0) is 25.7 Å². The third kappa shape index (κ3) is 4.40. The van der Waals surface area contributed by atoms with Crippen molar-refractivity contribution in [2.75, 3.05) is 26.4 Å². The number of aliphatic hydroxyl groups is 1. The topological polar surface area (TPSA) is 38.7 Å². The van der Waals surface area contributed by atoms with Gasteiger partial charge in [0.25, 0.3) is 0 Å². The third-order valence-corrected chi connectivity index (χ3v) is 2.65. The maximum atomic E-state index is 9.81. The van der Waals surface area contributed by atoms with Gasteiger partial charge in [-0.1, -0.05) is 6.92 Å². The Morgan fingerprint density at radius 1 is 1.50 bits per heavy atom. The molecule has 1 rings (SSSR count). The highest BCUT2D eigenvalue weighted by Gasteiger charge is 2.21. The van der Waals surface area contributed by atoms with Crippen LogP contribution in [-0.2, 0) is 9.47 Å². The predicted octanol–water partition coefficient (Wildman–Crippen LogP) is 1.59. The summed E-state index contributed by atoms with van der Waals surface area (Å²) in [5, 5.41) is 9.81. The minimum Gasteiger partial charge on any atom is -0.393 e. The molecule has 84 valence electrons. The SMILES string of the molecule is CCCOCCC(O)C1CCCOC1. The quantitative estimate of drug-likeness (QED) is 0.665. The maximum absolute atomic E-state index is 9.81. The van der Waals surface area contributed by atoms with E-state index < -0.39 is 0 Å². The normalized spacial score (nSPS) is 24.9. The summed E-state index contributed by atoms with van der Waals surface area (Å²) in [5.74, 6) is 0.328. The van der Waals surface area contributed by atoms with Crippen LogP contribution in [0.5, 0.6) is 0 Å². The van der Waals surface area contributed by atoms with Gasteiger partial charge in [0, 0.05) is 25.7 Å². The van der Waals surface area contributed by atoms with Crippen molar-refractivity contribution < 1.29 is 14.6 Å². The van der Waals surface area contributed by atoms with Crippen LogP contribution < -0.4 is 0 Å². The van der Waals surface area contributed by atoms with Crippen molar-refractivity contribution in [1.29, 1.82) is 0 Å². The van der Waals surface area contributed by atoms with Gasteiger partial charge in [0.1, 0.15) is 0 Å². The van der Waals surface area contributed by atoms with E-state index in [1.165, 1.54) is 0 Å². The van der Waals surface area contributed by atoms with E-state index in [9.17, 15) is 5.11 Å². The zero-order valence-electron chi connectivity index (χ0n) is 9.08. The summed E-state index contributed by atoms with van der Waals surface area (Å²) < 4.78 is 10.7. The smallest absolute Gasteiger partial charge is 0.0612 e. The zero-order chi connectivity index (χ0) is 10.2. The Hall–Kier alpha value is -0.120. The van der Waals surface area contributed by atoms with Crippen LogP contribution in [-0.4, -0.2) is 37.6 Å². The van der Waals surface area contributed by atoms with Crippen LogP contribution in [0.15, 0.2) is 0 Å². The summed E-state index contributed by atoms with van der Waals surface area (Å²) in [6.07, 6.45) is 3.72. The highest BCUT2D eigenvalue weighted by molar-refractivity contribution is 4.71. The first-order valence-corrected chi connectivity index (χ1v) is 5.68. The number of ether oxygens (including phenoxy) is 2. The van der Waals surface area contributed by atoms with Gasteiger partial charge >= 0.3 is 0 Å². The lowest BCUT2D eigenvalue weighted by atomic mass is 9.94. The molecule has 1 fully saturated rings. The lowest BCUT2D eigenvalue weighted by Crippen LogP contribution is -2.29. The lowest BCUT2D eigenvalue weighted by molar-refractivity contribution is -0.0224. The van der Waals surface area contributed by atoms with E-state index in [0.717, 1.165) is 45.5 Å². The molecular formula is C11H22O3. The molecule has 2 atom stereocenters. The van der Waals surface area contributed by atoms with Gasteiger partial charge in [0.05, 0.1) is 12.7 Å². The number of aliphatic hydroxyl groups excluding tert-OH is 1. The second kappa shape index (κ2) is 7.21. The molecule has 0 aliphatic carbocycles. The highest BCUT2D eigenvalue weighted by Crippen LogP contribution is 2.19. The summed E-state index contributed by atoms with van der Waals surface area (Å²) in [7, 11) is 0.